The van der Waals surface area contributed by atoms with Gasteiger partial charge in [0, 0.05) is 46.1 Å². The number of hydrogen-bond acceptors (Lipinski definition) is 9. The average molecular weight is 683 g/mol. The van der Waals surface area contributed by atoms with Crippen LogP contribution in [0.1, 0.15) is 44.4 Å². The highest BCUT2D eigenvalue weighted by molar-refractivity contribution is 14.1. The smallest absolute Gasteiger partial charge is 0.410 e. The van der Waals surface area contributed by atoms with Crippen molar-refractivity contribution >= 4 is 56.8 Å². The Hall–Kier alpha value is -4.00. The lowest BCUT2D eigenvalue weighted by atomic mass is 10.1. The molecule has 1 N–H and O–H groups in total. The molecule has 0 spiro atoms. The maximum atomic E-state index is 12.1. The van der Waals surface area contributed by atoms with E-state index in [1.807, 2.05) is 70.2 Å². The molecule has 4 rings (SSSR count). The molecule has 0 atom stereocenters. The van der Waals surface area contributed by atoms with Crippen LogP contribution in [0.2, 0.25) is 0 Å². The highest BCUT2D eigenvalue weighted by Gasteiger charge is 2.19. The van der Waals surface area contributed by atoms with Gasteiger partial charge in [0.2, 0.25) is 0 Å². The number of likely N-dealkylation sites (N-methyl/N-ethyl adjacent to an activating group) is 1. The maximum absolute atomic E-state index is 12.1. The molecule has 0 unspecified atom stereocenters. The van der Waals surface area contributed by atoms with Gasteiger partial charge in [-0.2, -0.15) is 0 Å². The zero-order chi connectivity index (χ0) is 30.1. The third-order valence-corrected chi connectivity index (χ3v) is 6.88. The summed E-state index contributed by atoms with van der Waals surface area (Å²) >= 11 is 2.34. The van der Waals surface area contributed by atoms with Crippen LogP contribution in [-0.4, -0.2) is 57.5 Å². The Morgan fingerprint density at radius 1 is 1.12 bits per heavy atom. The minimum atomic E-state index is -0.551. The summed E-state index contributed by atoms with van der Waals surface area (Å²) in [4.78, 5) is 32.2. The zero-order valence-electron chi connectivity index (χ0n) is 24.4. The standard InChI is InChI=1S/C31H35IN6O4/c1-21(37-41-14-13-38(5)30(39)42-31(2,3)4)23-8-10-27-26(16-23)29(35-20-34-27)36-25-9-11-28(24(15-25)17-32)40-19-22-7-6-12-33-18-22/h6-12,15-16,18,20H,13-14,17,19H2,1-5H3,(H,34,35,36)/b37-21+. The summed E-state index contributed by atoms with van der Waals surface area (Å²) in [6.07, 6.45) is 4.69. The molecule has 42 heavy (non-hydrogen) atoms. The van der Waals surface area contributed by atoms with Crippen molar-refractivity contribution in [1.29, 1.82) is 0 Å². The summed E-state index contributed by atoms with van der Waals surface area (Å²) in [6, 6.07) is 15.8. The summed E-state index contributed by atoms with van der Waals surface area (Å²) in [5.74, 6) is 1.51. The van der Waals surface area contributed by atoms with Crippen molar-refractivity contribution in [3.63, 3.8) is 0 Å². The fraction of sp³-hybridized carbons (Fsp3) is 0.323. The molecule has 0 aliphatic rings. The molecule has 2 aromatic heterocycles. The van der Waals surface area contributed by atoms with Crippen molar-refractivity contribution < 1.29 is 19.1 Å². The molecular formula is C31H35IN6O4. The first-order chi connectivity index (χ1) is 20.1. The van der Waals surface area contributed by atoms with Crippen LogP contribution in [0.4, 0.5) is 16.3 Å². The summed E-state index contributed by atoms with van der Waals surface area (Å²) in [5, 5.41) is 8.54. The Kier molecular flexibility index (Phi) is 10.5. The van der Waals surface area contributed by atoms with E-state index >= 15 is 0 Å². The lowest BCUT2D eigenvalue weighted by molar-refractivity contribution is 0.0235. The van der Waals surface area contributed by atoms with E-state index < -0.39 is 11.7 Å². The third kappa shape index (κ3) is 8.75. The molecule has 0 saturated carbocycles. The number of aromatic nitrogens is 3. The molecule has 10 nitrogen and oxygen atoms in total. The minimum Gasteiger partial charge on any atom is -0.489 e. The van der Waals surface area contributed by atoms with E-state index in [9.17, 15) is 4.79 Å². The van der Waals surface area contributed by atoms with E-state index in [0.717, 1.165) is 43.5 Å². The Bertz CT molecular complexity index is 1540. The number of benzene rings is 2. The zero-order valence-corrected chi connectivity index (χ0v) is 26.6. The van der Waals surface area contributed by atoms with E-state index in [1.54, 1.807) is 25.8 Å². The number of alkyl halides is 1. The van der Waals surface area contributed by atoms with Gasteiger partial charge in [0.05, 0.1) is 17.8 Å². The molecule has 220 valence electrons. The second-order valence-corrected chi connectivity index (χ2v) is 11.4. The van der Waals surface area contributed by atoms with Crippen molar-refractivity contribution in [1.82, 2.24) is 19.9 Å². The molecule has 2 aromatic carbocycles. The number of halogens is 1. The highest BCUT2D eigenvalue weighted by Crippen LogP contribution is 2.29. The van der Waals surface area contributed by atoms with E-state index in [2.05, 4.69) is 54.1 Å². The number of nitrogens with one attached hydrogen (secondary N) is 1. The van der Waals surface area contributed by atoms with Crippen LogP contribution in [0.25, 0.3) is 10.9 Å². The van der Waals surface area contributed by atoms with Crippen LogP contribution in [0, 0.1) is 0 Å². The number of amides is 1. The van der Waals surface area contributed by atoms with Crippen LogP contribution in [0.3, 0.4) is 0 Å². The van der Waals surface area contributed by atoms with Gasteiger partial charge in [0.15, 0.2) is 0 Å². The Morgan fingerprint density at radius 3 is 2.69 bits per heavy atom. The summed E-state index contributed by atoms with van der Waals surface area (Å²) < 4.78 is 12.2. The van der Waals surface area contributed by atoms with Crippen LogP contribution >= 0.6 is 22.6 Å². The Balaban J connectivity index is 1.43. The molecule has 0 fully saturated rings. The lowest BCUT2D eigenvalue weighted by Crippen LogP contribution is -2.35. The summed E-state index contributed by atoms with van der Waals surface area (Å²) in [5.41, 5.74) is 4.78. The van der Waals surface area contributed by atoms with Crippen LogP contribution < -0.4 is 10.1 Å². The number of carbonyl (C=O) groups is 1. The van der Waals surface area contributed by atoms with Gasteiger partial charge in [-0.1, -0.05) is 39.9 Å². The van der Waals surface area contributed by atoms with E-state index in [-0.39, 0.29) is 6.61 Å². The van der Waals surface area contributed by atoms with Crippen molar-refractivity contribution in [2.24, 2.45) is 5.16 Å². The van der Waals surface area contributed by atoms with Crippen LogP contribution in [0.15, 0.2) is 72.4 Å². The average Bonchev–Trinajstić information content (AvgIpc) is 2.98. The molecule has 0 aliphatic heterocycles. The second-order valence-electron chi connectivity index (χ2n) is 10.6. The van der Waals surface area contributed by atoms with Crippen LogP contribution in [-0.2, 0) is 20.6 Å². The molecule has 0 aliphatic carbocycles. The van der Waals surface area contributed by atoms with Gasteiger partial charge in [-0.15, -0.1) is 0 Å². The van der Waals surface area contributed by atoms with Crippen molar-refractivity contribution in [3.8, 4) is 5.75 Å². The number of nitrogens with zero attached hydrogens (tertiary/aromatic N) is 5. The first kappa shape index (κ1) is 30.9. The Labute approximate surface area is 259 Å². The van der Waals surface area contributed by atoms with Gasteiger partial charge in [-0.05, 0) is 69.7 Å². The van der Waals surface area contributed by atoms with Crippen LogP contribution in [0.5, 0.6) is 5.75 Å². The number of fused-ring (bicyclic) bond motifs is 1. The highest BCUT2D eigenvalue weighted by atomic mass is 127. The molecule has 1 amide bonds. The topological polar surface area (TPSA) is 111 Å². The van der Waals surface area contributed by atoms with Crippen molar-refractivity contribution in [3.05, 3.63) is 83.9 Å². The quantitative estimate of drug-likeness (QED) is 0.0599. The molecule has 11 heteroatoms. The number of ether oxygens (including phenoxy) is 2. The maximum Gasteiger partial charge on any atom is 0.410 e. The van der Waals surface area contributed by atoms with Crippen molar-refractivity contribution in [2.75, 3.05) is 25.5 Å². The number of pyridine rings is 1. The number of oxime groups is 1. The van der Waals surface area contributed by atoms with Gasteiger partial charge in [-0.3, -0.25) is 4.98 Å². The minimum absolute atomic E-state index is 0.234. The predicted molar refractivity (Wildman–Crippen MR) is 173 cm³/mol. The second kappa shape index (κ2) is 14.3. The van der Waals surface area contributed by atoms with E-state index in [0.29, 0.717) is 24.7 Å². The summed E-state index contributed by atoms with van der Waals surface area (Å²) in [7, 11) is 1.66. The Morgan fingerprint density at radius 2 is 1.95 bits per heavy atom. The number of rotatable bonds is 11. The lowest BCUT2D eigenvalue weighted by Gasteiger charge is -2.24. The number of anilines is 2. The van der Waals surface area contributed by atoms with Gasteiger partial charge in [0.1, 0.15) is 36.7 Å². The number of hydrogen-bond donors (Lipinski definition) is 1. The largest absolute Gasteiger partial charge is 0.489 e. The third-order valence-electron chi connectivity index (χ3n) is 6.06. The summed E-state index contributed by atoms with van der Waals surface area (Å²) in [6.45, 7) is 8.39. The molecule has 4 aromatic rings. The predicted octanol–water partition coefficient (Wildman–Crippen LogP) is 6.89. The molecular weight excluding hydrogens is 647 g/mol. The number of carbonyl (C=O) groups excluding carboxylic acids is 1. The van der Waals surface area contributed by atoms with Gasteiger partial charge in [-0.25, -0.2) is 14.8 Å². The normalized spacial score (nSPS) is 11.7. The van der Waals surface area contributed by atoms with Crippen molar-refractivity contribution in [2.45, 2.75) is 44.3 Å². The first-order valence-electron chi connectivity index (χ1n) is 13.5. The molecule has 0 radical (unpaired) electrons. The SMILES string of the molecule is C/C(=N\OCCN(C)C(=O)OC(C)(C)C)c1ccc2ncnc(Nc3ccc(OCc4cccnc4)c(CI)c3)c2c1. The van der Waals surface area contributed by atoms with Gasteiger partial charge < -0.3 is 24.5 Å². The fourth-order valence-electron chi connectivity index (χ4n) is 3.87. The van der Waals surface area contributed by atoms with E-state index in [4.69, 9.17) is 14.3 Å². The first-order valence-corrected chi connectivity index (χ1v) is 15.0. The van der Waals surface area contributed by atoms with Gasteiger partial charge in [0.25, 0.3) is 0 Å². The molecule has 2 heterocycles. The van der Waals surface area contributed by atoms with Gasteiger partial charge >= 0.3 is 6.09 Å². The van der Waals surface area contributed by atoms with E-state index in [1.165, 1.54) is 4.90 Å². The monoisotopic (exact) mass is 682 g/mol. The fourth-order valence-corrected chi connectivity index (χ4v) is 4.47. The molecule has 0 bridgehead atoms. The molecule has 0 saturated heterocycles.